The molecule has 7 nitrogen and oxygen atoms in total. The quantitative estimate of drug-likeness (QED) is 0.312. The number of rotatable bonds is 9. The van der Waals surface area contributed by atoms with Gasteiger partial charge in [0.15, 0.2) is 11.5 Å². The largest absolute Gasteiger partial charge is 0.490 e. The standard InChI is InChI=1S/C27H21ClF2N2O5S/c1-2-36-22-11-17(10-21(28)25(22)37-15-16-5-3-6-18(29)9-16)12-23-26(34)32(27(35)38-23)14-24(33)31-20-8-4-7-19(30)13-20/h3-13H,2,14-15H2,1H3,(H,31,33)/b23-12+. The van der Waals surface area contributed by atoms with Crippen LogP contribution in [0, 0.1) is 11.6 Å². The summed E-state index contributed by atoms with van der Waals surface area (Å²) >= 11 is 7.12. The number of thioether (sulfide) groups is 1. The van der Waals surface area contributed by atoms with Gasteiger partial charge in [-0.2, -0.15) is 0 Å². The van der Waals surface area contributed by atoms with Crippen LogP contribution in [-0.4, -0.2) is 35.1 Å². The Balaban J connectivity index is 1.49. The van der Waals surface area contributed by atoms with E-state index in [2.05, 4.69) is 5.32 Å². The molecule has 38 heavy (non-hydrogen) atoms. The molecular formula is C27H21ClF2N2O5S. The van der Waals surface area contributed by atoms with E-state index >= 15 is 0 Å². The van der Waals surface area contributed by atoms with Crippen LogP contribution < -0.4 is 14.8 Å². The maximum Gasteiger partial charge on any atom is 0.294 e. The van der Waals surface area contributed by atoms with Crippen molar-refractivity contribution in [3.8, 4) is 11.5 Å². The number of ether oxygens (including phenoxy) is 2. The summed E-state index contributed by atoms with van der Waals surface area (Å²) in [7, 11) is 0. The normalized spacial score (nSPS) is 14.2. The molecule has 1 heterocycles. The monoisotopic (exact) mass is 558 g/mol. The van der Waals surface area contributed by atoms with Crippen LogP contribution in [0.15, 0.2) is 65.6 Å². The molecular weight excluding hydrogens is 538 g/mol. The van der Waals surface area contributed by atoms with Crippen molar-refractivity contribution < 1.29 is 32.6 Å². The summed E-state index contributed by atoms with van der Waals surface area (Å²) in [5.41, 5.74) is 1.27. The van der Waals surface area contributed by atoms with Crippen molar-refractivity contribution in [3.05, 3.63) is 93.4 Å². The predicted octanol–water partition coefficient (Wildman–Crippen LogP) is 6.27. The van der Waals surface area contributed by atoms with Gasteiger partial charge in [0.1, 0.15) is 24.8 Å². The number of hydrogen-bond donors (Lipinski definition) is 1. The van der Waals surface area contributed by atoms with Crippen LogP contribution in [0.25, 0.3) is 6.08 Å². The molecule has 3 aromatic carbocycles. The van der Waals surface area contributed by atoms with E-state index in [1.165, 1.54) is 42.5 Å². The van der Waals surface area contributed by atoms with E-state index in [1.54, 1.807) is 25.1 Å². The van der Waals surface area contributed by atoms with Crippen LogP contribution in [0.2, 0.25) is 5.02 Å². The van der Waals surface area contributed by atoms with E-state index in [1.807, 2.05) is 0 Å². The van der Waals surface area contributed by atoms with Crippen molar-refractivity contribution in [1.29, 1.82) is 0 Å². The highest BCUT2D eigenvalue weighted by Crippen LogP contribution is 2.39. The van der Waals surface area contributed by atoms with Gasteiger partial charge in [0, 0.05) is 5.69 Å². The molecule has 0 saturated carbocycles. The Bertz CT molecular complexity index is 1430. The molecule has 1 saturated heterocycles. The summed E-state index contributed by atoms with van der Waals surface area (Å²) in [6.45, 7) is 1.59. The van der Waals surface area contributed by atoms with Crippen LogP contribution >= 0.6 is 23.4 Å². The molecule has 196 valence electrons. The average Bonchev–Trinajstić information content (AvgIpc) is 3.11. The smallest absolute Gasteiger partial charge is 0.294 e. The Morgan fingerprint density at radius 2 is 1.79 bits per heavy atom. The van der Waals surface area contributed by atoms with E-state index < -0.39 is 35.2 Å². The van der Waals surface area contributed by atoms with Gasteiger partial charge in [0.05, 0.1) is 16.5 Å². The summed E-state index contributed by atoms with van der Waals surface area (Å²) in [5, 5.41) is 2.02. The number of benzene rings is 3. The van der Waals surface area contributed by atoms with Crippen molar-refractivity contribution in [1.82, 2.24) is 4.90 Å². The number of anilines is 1. The van der Waals surface area contributed by atoms with Gasteiger partial charge in [-0.15, -0.1) is 0 Å². The summed E-state index contributed by atoms with van der Waals surface area (Å²) in [6, 6.07) is 14.3. The van der Waals surface area contributed by atoms with Gasteiger partial charge in [-0.05, 0) is 78.4 Å². The minimum Gasteiger partial charge on any atom is -0.490 e. The molecule has 11 heteroatoms. The molecule has 0 spiro atoms. The minimum absolute atomic E-state index is 0.0491. The molecule has 4 rings (SSSR count). The van der Waals surface area contributed by atoms with Gasteiger partial charge >= 0.3 is 0 Å². The highest BCUT2D eigenvalue weighted by molar-refractivity contribution is 8.18. The topological polar surface area (TPSA) is 84.9 Å². The van der Waals surface area contributed by atoms with Crippen LogP contribution in [0.4, 0.5) is 19.3 Å². The van der Waals surface area contributed by atoms with E-state index in [0.717, 1.165) is 11.0 Å². The summed E-state index contributed by atoms with van der Waals surface area (Å²) in [6.07, 6.45) is 1.46. The lowest BCUT2D eigenvalue weighted by molar-refractivity contribution is -0.127. The summed E-state index contributed by atoms with van der Waals surface area (Å²) in [5.74, 6) is -1.69. The van der Waals surface area contributed by atoms with Gasteiger partial charge in [0.25, 0.3) is 11.1 Å². The lowest BCUT2D eigenvalue weighted by Gasteiger charge is -2.15. The SMILES string of the molecule is CCOc1cc(/C=C2/SC(=O)N(CC(=O)Nc3cccc(F)c3)C2=O)cc(Cl)c1OCc1cccc(F)c1. The highest BCUT2D eigenvalue weighted by atomic mass is 35.5. The third-order valence-corrected chi connectivity index (χ3v) is 6.37. The number of nitrogens with one attached hydrogen (secondary N) is 1. The van der Waals surface area contributed by atoms with Crippen molar-refractivity contribution in [2.24, 2.45) is 0 Å². The Hall–Kier alpha value is -3.89. The molecule has 0 atom stereocenters. The van der Waals surface area contributed by atoms with Crippen LogP contribution in [0.1, 0.15) is 18.1 Å². The van der Waals surface area contributed by atoms with Crippen molar-refractivity contribution in [2.45, 2.75) is 13.5 Å². The lowest BCUT2D eigenvalue weighted by atomic mass is 10.1. The number of imide groups is 1. The zero-order valence-electron chi connectivity index (χ0n) is 20.0. The van der Waals surface area contributed by atoms with Crippen LogP contribution in [0.3, 0.4) is 0 Å². The Kier molecular flexibility index (Phi) is 8.65. The van der Waals surface area contributed by atoms with Crippen LogP contribution in [-0.2, 0) is 16.2 Å². The van der Waals surface area contributed by atoms with Gasteiger partial charge in [-0.25, -0.2) is 8.78 Å². The highest BCUT2D eigenvalue weighted by Gasteiger charge is 2.36. The molecule has 0 aromatic heterocycles. The van der Waals surface area contributed by atoms with E-state index in [-0.39, 0.29) is 28.0 Å². The maximum atomic E-state index is 13.5. The van der Waals surface area contributed by atoms with Crippen molar-refractivity contribution >= 4 is 52.2 Å². The first-order chi connectivity index (χ1) is 18.2. The molecule has 0 unspecified atom stereocenters. The zero-order chi connectivity index (χ0) is 27.2. The molecule has 0 bridgehead atoms. The number of carbonyl (C=O) groups excluding carboxylic acids is 3. The number of hydrogen-bond acceptors (Lipinski definition) is 6. The second kappa shape index (κ2) is 12.1. The number of halogens is 3. The lowest BCUT2D eigenvalue weighted by Crippen LogP contribution is -2.36. The van der Waals surface area contributed by atoms with E-state index in [0.29, 0.717) is 35.2 Å². The first kappa shape index (κ1) is 27.2. The Morgan fingerprint density at radius 1 is 1.05 bits per heavy atom. The van der Waals surface area contributed by atoms with Gasteiger partial charge in [0.2, 0.25) is 5.91 Å². The molecule has 0 radical (unpaired) electrons. The van der Waals surface area contributed by atoms with Gasteiger partial charge in [-0.1, -0.05) is 29.8 Å². The first-order valence-corrected chi connectivity index (χ1v) is 12.6. The summed E-state index contributed by atoms with van der Waals surface area (Å²) < 4.78 is 38.3. The second-order valence-electron chi connectivity index (χ2n) is 8.01. The minimum atomic E-state index is -0.657. The maximum absolute atomic E-state index is 13.5. The van der Waals surface area contributed by atoms with Crippen molar-refractivity contribution in [2.75, 3.05) is 18.5 Å². The Labute approximate surface area is 226 Å². The number of carbonyl (C=O) groups is 3. The average molecular weight is 559 g/mol. The van der Waals surface area contributed by atoms with Gasteiger partial charge in [-0.3, -0.25) is 19.3 Å². The molecule has 1 fully saturated rings. The fourth-order valence-corrected chi connectivity index (χ4v) is 4.67. The van der Waals surface area contributed by atoms with E-state index in [4.69, 9.17) is 21.1 Å². The fraction of sp³-hybridized carbons (Fsp3) is 0.148. The number of amides is 3. The van der Waals surface area contributed by atoms with Crippen molar-refractivity contribution in [3.63, 3.8) is 0 Å². The molecule has 0 aliphatic carbocycles. The molecule has 1 aliphatic heterocycles. The van der Waals surface area contributed by atoms with Crippen LogP contribution in [0.5, 0.6) is 11.5 Å². The Morgan fingerprint density at radius 3 is 2.50 bits per heavy atom. The van der Waals surface area contributed by atoms with E-state index in [9.17, 15) is 23.2 Å². The molecule has 1 aliphatic rings. The summed E-state index contributed by atoms with van der Waals surface area (Å²) in [4.78, 5) is 38.5. The zero-order valence-corrected chi connectivity index (χ0v) is 21.6. The molecule has 3 aromatic rings. The first-order valence-electron chi connectivity index (χ1n) is 11.4. The van der Waals surface area contributed by atoms with Gasteiger partial charge < -0.3 is 14.8 Å². The molecule has 3 amide bonds. The fourth-order valence-electron chi connectivity index (χ4n) is 3.55. The predicted molar refractivity (Wildman–Crippen MR) is 141 cm³/mol. The third-order valence-electron chi connectivity index (χ3n) is 5.19. The third kappa shape index (κ3) is 6.70. The second-order valence-corrected chi connectivity index (χ2v) is 9.41. The number of nitrogens with zero attached hydrogens (tertiary/aromatic N) is 1. The molecule has 1 N–H and O–H groups in total.